The first-order chi connectivity index (χ1) is 14.5. The van der Waals surface area contributed by atoms with Crippen LogP contribution in [0.5, 0.6) is 5.75 Å². The van der Waals surface area contributed by atoms with Crippen molar-refractivity contribution in [3.63, 3.8) is 0 Å². The van der Waals surface area contributed by atoms with E-state index < -0.39 is 10.0 Å². The summed E-state index contributed by atoms with van der Waals surface area (Å²) in [6.07, 6.45) is 3.67. The molecule has 30 heavy (non-hydrogen) atoms. The molecule has 2 heterocycles. The highest BCUT2D eigenvalue weighted by atomic mass is 32.2. The lowest BCUT2D eigenvalue weighted by atomic mass is 10.2. The number of amides is 1. The Hall–Kier alpha value is -2.58. The summed E-state index contributed by atoms with van der Waals surface area (Å²) < 4.78 is 33.1. The molecule has 1 saturated heterocycles. The molecule has 0 saturated carbocycles. The van der Waals surface area contributed by atoms with Crippen LogP contribution in [0, 0.1) is 0 Å². The second-order valence-electron chi connectivity index (χ2n) is 7.68. The Balaban J connectivity index is 1.51. The van der Waals surface area contributed by atoms with Crippen LogP contribution in [0.4, 0.5) is 11.4 Å². The Morgan fingerprint density at radius 1 is 1.07 bits per heavy atom. The van der Waals surface area contributed by atoms with E-state index in [4.69, 9.17) is 4.74 Å². The number of para-hydroxylation sites is 1. The lowest BCUT2D eigenvalue weighted by Crippen LogP contribution is -2.36. The molecule has 1 N–H and O–H groups in total. The average Bonchev–Trinajstić information content (AvgIpc) is 3.17. The first kappa shape index (κ1) is 20.7. The predicted octanol–water partition coefficient (Wildman–Crippen LogP) is 2.87. The van der Waals surface area contributed by atoms with Crippen LogP contribution < -0.4 is 15.0 Å². The average molecular weight is 430 g/mol. The first-order valence-corrected chi connectivity index (χ1v) is 11.7. The minimum atomic E-state index is -3.68. The monoisotopic (exact) mass is 429 g/mol. The molecule has 0 atom stereocenters. The third-order valence-corrected chi connectivity index (χ3v) is 7.62. The Bertz CT molecular complexity index is 1030. The lowest BCUT2D eigenvalue weighted by molar-refractivity contribution is -0.115. The predicted molar refractivity (Wildman–Crippen MR) is 117 cm³/mol. The number of anilines is 2. The molecular weight excluding hydrogens is 402 g/mol. The van der Waals surface area contributed by atoms with E-state index in [1.165, 1.54) is 23.0 Å². The zero-order chi connectivity index (χ0) is 21.1. The number of piperidine rings is 1. The maximum atomic E-state index is 13.1. The van der Waals surface area contributed by atoms with Crippen LogP contribution in [-0.2, 0) is 21.2 Å². The molecule has 2 aliphatic rings. The van der Waals surface area contributed by atoms with Gasteiger partial charge in [0.1, 0.15) is 10.6 Å². The molecule has 160 valence electrons. The molecule has 1 fully saturated rings. The summed E-state index contributed by atoms with van der Waals surface area (Å²) in [6.45, 7) is 2.04. The summed E-state index contributed by atoms with van der Waals surface area (Å²) in [5.74, 6) is 0.102. The van der Waals surface area contributed by atoms with E-state index in [1.807, 2.05) is 23.1 Å². The first-order valence-electron chi connectivity index (χ1n) is 10.3. The molecule has 8 heteroatoms. The Morgan fingerprint density at radius 3 is 2.60 bits per heavy atom. The van der Waals surface area contributed by atoms with Gasteiger partial charge in [-0.15, -0.1) is 0 Å². The van der Waals surface area contributed by atoms with E-state index in [1.54, 1.807) is 12.1 Å². The van der Waals surface area contributed by atoms with Crippen LogP contribution in [0.3, 0.4) is 0 Å². The van der Waals surface area contributed by atoms with Crippen LogP contribution in [-0.4, -0.2) is 51.9 Å². The fourth-order valence-corrected chi connectivity index (χ4v) is 5.84. The summed E-state index contributed by atoms with van der Waals surface area (Å²) in [6, 6.07) is 12.8. The molecule has 2 aromatic rings. The minimum absolute atomic E-state index is 0.0937. The number of carbonyl (C=O) groups excluding carboxylic acids is 1. The Labute approximate surface area is 177 Å². The van der Waals surface area contributed by atoms with Crippen molar-refractivity contribution in [2.24, 2.45) is 0 Å². The van der Waals surface area contributed by atoms with Gasteiger partial charge in [0.15, 0.2) is 0 Å². The third kappa shape index (κ3) is 4.15. The zero-order valence-electron chi connectivity index (χ0n) is 17.1. The molecule has 2 aromatic carbocycles. The van der Waals surface area contributed by atoms with Gasteiger partial charge >= 0.3 is 0 Å². The smallest absolute Gasteiger partial charge is 0.246 e. The number of carbonyl (C=O) groups is 1. The summed E-state index contributed by atoms with van der Waals surface area (Å²) in [7, 11) is -2.23. The van der Waals surface area contributed by atoms with Crippen molar-refractivity contribution in [1.29, 1.82) is 0 Å². The highest BCUT2D eigenvalue weighted by molar-refractivity contribution is 7.89. The van der Waals surface area contributed by atoms with Crippen LogP contribution in [0.1, 0.15) is 24.8 Å². The van der Waals surface area contributed by atoms with E-state index in [2.05, 4.69) is 11.4 Å². The number of nitrogens with zero attached hydrogens (tertiary/aromatic N) is 2. The fourth-order valence-electron chi connectivity index (χ4n) is 4.15. The standard InChI is InChI=1S/C22H27N3O4S/c1-29-20-10-9-18(15-21(20)30(27,28)25-12-5-2-6-13-25)23-22(26)16-24-14-11-17-7-3-4-8-19(17)24/h3-4,7-10,15H,2,5-6,11-14,16H2,1H3,(H,23,26). The summed E-state index contributed by atoms with van der Waals surface area (Å²) in [5, 5.41) is 2.85. The third-order valence-electron chi connectivity index (χ3n) is 5.70. The van der Waals surface area contributed by atoms with Crippen molar-refractivity contribution in [2.45, 2.75) is 30.6 Å². The molecule has 0 spiro atoms. The maximum Gasteiger partial charge on any atom is 0.246 e. The fraction of sp³-hybridized carbons (Fsp3) is 0.409. The van der Waals surface area contributed by atoms with Gasteiger partial charge in [-0.05, 0) is 49.1 Å². The van der Waals surface area contributed by atoms with Crippen molar-refractivity contribution in [3.05, 3.63) is 48.0 Å². The van der Waals surface area contributed by atoms with Gasteiger partial charge < -0.3 is 15.0 Å². The number of methoxy groups -OCH3 is 1. The molecule has 2 aliphatic heterocycles. The minimum Gasteiger partial charge on any atom is -0.495 e. The van der Waals surface area contributed by atoms with E-state index in [9.17, 15) is 13.2 Å². The van der Waals surface area contributed by atoms with E-state index >= 15 is 0 Å². The summed E-state index contributed by atoms with van der Waals surface area (Å²) in [5.41, 5.74) is 2.77. The number of rotatable bonds is 6. The van der Waals surface area contributed by atoms with Gasteiger partial charge in [-0.2, -0.15) is 4.31 Å². The van der Waals surface area contributed by atoms with Gasteiger partial charge in [0.25, 0.3) is 0 Å². The zero-order valence-corrected chi connectivity index (χ0v) is 18.0. The lowest BCUT2D eigenvalue weighted by Gasteiger charge is -2.26. The number of hydrogen-bond acceptors (Lipinski definition) is 5. The van der Waals surface area contributed by atoms with Crippen LogP contribution in [0.15, 0.2) is 47.4 Å². The van der Waals surface area contributed by atoms with Crippen LogP contribution in [0.25, 0.3) is 0 Å². The van der Waals surface area contributed by atoms with Crippen LogP contribution in [0.2, 0.25) is 0 Å². The molecule has 0 radical (unpaired) electrons. The number of benzene rings is 2. The highest BCUT2D eigenvalue weighted by Gasteiger charge is 2.29. The van der Waals surface area contributed by atoms with Crippen molar-refractivity contribution in [3.8, 4) is 5.75 Å². The highest BCUT2D eigenvalue weighted by Crippen LogP contribution is 2.31. The molecule has 4 rings (SSSR count). The summed E-state index contributed by atoms with van der Waals surface area (Å²) >= 11 is 0. The Morgan fingerprint density at radius 2 is 1.83 bits per heavy atom. The van der Waals surface area contributed by atoms with Crippen LogP contribution >= 0.6 is 0 Å². The van der Waals surface area contributed by atoms with Gasteiger partial charge in [0, 0.05) is 31.0 Å². The SMILES string of the molecule is COc1ccc(NC(=O)CN2CCc3ccccc32)cc1S(=O)(=O)N1CCCCC1. The molecule has 0 bridgehead atoms. The normalized spacial score (nSPS) is 16.9. The van der Waals surface area contributed by atoms with Crippen molar-refractivity contribution in [2.75, 3.05) is 43.5 Å². The molecule has 0 unspecified atom stereocenters. The second-order valence-corrected chi connectivity index (χ2v) is 9.59. The summed E-state index contributed by atoms with van der Waals surface area (Å²) in [4.78, 5) is 14.8. The number of nitrogens with one attached hydrogen (secondary N) is 1. The largest absolute Gasteiger partial charge is 0.495 e. The van der Waals surface area contributed by atoms with Gasteiger partial charge in [0.05, 0.1) is 13.7 Å². The molecule has 0 aliphatic carbocycles. The number of fused-ring (bicyclic) bond motifs is 1. The van der Waals surface area contributed by atoms with E-state index in [0.717, 1.165) is 37.9 Å². The van der Waals surface area contributed by atoms with Crippen molar-refractivity contribution >= 4 is 27.3 Å². The number of ether oxygens (including phenoxy) is 1. The van der Waals surface area contributed by atoms with Gasteiger partial charge in [-0.25, -0.2) is 8.42 Å². The van der Waals surface area contributed by atoms with Gasteiger partial charge in [-0.1, -0.05) is 24.6 Å². The molecular formula is C22H27N3O4S. The molecule has 7 nitrogen and oxygen atoms in total. The van der Waals surface area contributed by atoms with Crippen molar-refractivity contribution in [1.82, 2.24) is 4.31 Å². The number of hydrogen-bond donors (Lipinski definition) is 1. The van der Waals surface area contributed by atoms with Crippen molar-refractivity contribution < 1.29 is 17.9 Å². The number of sulfonamides is 1. The van der Waals surface area contributed by atoms with Gasteiger partial charge in [0.2, 0.25) is 15.9 Å². The maximum absolute atomic E-state index is 13.1. The Kier molecular flexibility index (Phi) is 5.97. The molecule has 1 amide bonds. The van der Waals surface area contributed by atoms with E-state index in [0.29, 0.717) is 18.8 Å². The molecule has 0 aromatic heterocycles. The quantitative estimate of drug-likeness (QED) is 0.764. The second kappa shape index (κ2) is 8.65. The topological polar surface area (TPSA) is 79.0 Å². The van der Waals surface area contributed by atoms with Gasteiger partial charge in [-0.3, -0.25) is 4.79 Å². The van der Waals surface area contributed by atoms with E-state index in [-0.39, 0.29) is 23.1 Å².